The van der Waals surface area contributed by atoms with Gasteiger partial charge in [-0.1, -0.05) is 6.07 Å². The minimum absolute atomic E-state index is 0.424. The molecule has 1 aromatic heterocycles. The first-order chi connectivity index (χ1) is 7.29. The SMILES string of the molecule is COC1CCN(c2cccc(Br)n2)CC1. The lowest BCUT2D eigenvalue weighted by Crippen LogP contribution is -2.37. The van der Waals surface area contributed by atoms with Crippen LogP contribution in [0, 0.1) is 0 Å². The molecule has 1 aromatic rings. The van der Waals surface area contributed by atoms with Crippen LogP contribution in [0.4, 0.5) is 5.82 Å². The third-order valence-electron chi connectivity index (χ3n) is 2.80. The molecule has 0 radical (unpaired) electrons. The van der Waals surface area contributed by atoms with Crippen molar-refractivity contribution in [2.45, 2.75) is 18.9 Å². The number of methoxy groups -OCH3 is 1. The molecule has 2 heterocycles. The topological polar surface area (TPSA) is 25.4 Å². The maximum atomic E-state index is 5.34. The summed E-state index contributed by atoms with van der Waals surface area (Å²) >= 11 is 3.39. The monoisotopic (exact) mass is 270 g/mol. The zero-order valence-corrected chi connectivity index (χ0v) is 10.4. The van der Waals surface area contributed by atoms with E-state index in [-0.39, 0.29) is 0 Å². The lowest BCUT2D eigenvalue weighted by molar-refractivity contribution is 0.0818. The van der Waals surface area contributed by atoms with E-state index in [1.54, 1.807) is 7.11 Å². The Kier molecular flexibility index (Phi) is 3.59. The maximum absolute atomic E-state index is 5.34. The highest BCUT2D eigenvalue weighted by atomic mass is 79.9. The first-order valence-electron chi connectivity index (χ1n) is 5.20. The fraction of sp³-hybridized carbons (Fsp3) is 0.545. The molecule has 82 valence electrons. The zero-order chi connectivity index (χ0) is 10.7. The molecule has 3 nitrogen and oxygen atoms in total. The van der Waals surface area contributed by atoms with Crippen LogP contribution in [0.25, 0.3) is 0 Å². The van der Waals surface area contributed by atoms with Crippen molar-refractivity contribution in [2.24, 2.45) is 0 Å². The summed E-state index contributed by atoms with van der Waals surface area (Å²) in [7, 11) is 1.79. The molecule has 0 unspecified atom stereocenters. The Balaban J connectivity index is 2.01. The Hall–Kier alpha value is -0.610. The second kappa shape index (κ2) is 4.94. The number of pyridine rings is 1. The van der Waals surface area contributed by atoms with Crippen LogP contribution in [-0.2, 0) is 4.74 Å². The van der Waals surface area contributed by atoms with Gasteiger partial charge in [-0.2, -0.15) is 0 Å². The number of halogens is 1. The molecule has 0 saturated carbocycles. The Bertz CT molecular complexity index is 324. The van der Waals surface area contributed by atoms with Crippen LogP contribution in [0.2, 0.25) is 0 Å². The molecule has 1 aliphatic rings. The van der Waals surface area contributed by atoms with Crippen molar-refractivity contribution >= 4 is 21.7 Å². The fourth-order valence-corrected chi connectivity index (χ4v) is 2.23. The Morgan fingerprint density at radius 1 is 1.40 bits per heavy atom. The largest absolute Gasteiger partial charge is 0.381 e. The third kappa shape index (κ3) is 2.69. The molecule has 4 heteroatoms. The maximum Gasteiger partial charge on any atom is 0.129 e. The van der Waals surface area contributed by atoms with Gasteiger partial charge < -0.3 is 9.64 Å². The molecule has 1 fully saturated rings. The summed E-state index contributed by atoms with van der Waals surface area (Å²) in [5.41, 5.74) is 0. The van der Waals surface area contributed by atoms with Crippen LogP contribution in [0.1, 0.15) is 12.8 Å². The van der Waals surface area contributed by atoms with Gasteiger partial charge in [-0.25, -0.2) is 4.98 Å². The molecule has 0 amide bonds. The zero-order valence-electron chi connectivity index (χ0n) is 8.82. The number of ether oxygens (including phenoxy) is 1. The van der Waals surface area contributed by atoms with Crippen molar-refractivity contribution in [1.29, 1.82) is 0 Å². The van der Waals surface area contributed by atoms with Gasteiger partial charge in [-0.05, 0) is 40.9 Å². The summed E-state index contributed by atoms with van der Waals surface area (Å²) < 4.78 is 6.24. The first-order valence-corrected chi connectivity index (χ1v) is 5.99. The molecular formula is C11H15BrN2O. The van der Waals surface area contributed by atoms with E-state index in [1.807, 2.05) is 12.1 Å². The smallest absolute Gasteiger partial charge is 0.129 e. The highest BCUT2D eigenvalue weighted by Gasteiger charge is 2.19. The van der Waals surface area contributed by atoms with Crippen molar-refractivity contribution in [1.82, 2.24) is 4.98 Å². The van der Waals surface area contributed by atoms with E-state index in [4.69, 9.17) is 4.74 Å². The molecule has 0 bridgehead atoms. The summed E-state index contributed by atoms with van der Waals surface area (Å²) in [4.78, 5) is 6.76. The number of nitrogens with zero attached hydrogens (tertiary/aromatic N) is 2. The van der Waals surface area contributed by atoms with Crippen molar-refractivity contribution in [2.75, 3.05) is 25.1 Å². The molecule has 1 aliphatic heterocycles. The third-order valence-corrected chi connectivity index (χ3v) is 3.24. The Labute approximate surface area is 98.6 Å². The number of rotatable bonds is 2. The van der Waals surface area contributed by atoms with Crippen molar-refractivity contribution in [3.63, 3.8) is 0 Å². The number of aromatic nitrogens is 1. The van der Waals surface area contributed by atoms with E-state index in [0.717, 1.165) is 36.4 Å². The van der Waals surface area contributed by atoms with Crippen LogP contribution in [-0.4, -0.2) is 31.3 Å². The van der Waals surface area contributed by atoms with Gasteiger partial charge in [0, 0.05) is 20.2 Å². The average molecular weight is 271 g/mol. The Morgan fingerprint density at radius 3 is 2.73 bits per heavy atom. The molecule has 0 N–H and O–H groups in total. The molecule has 0 spiro atoms. The second-order valence-corrected chi connectivity index (χ2v) is 4.55. The molecule has 0 aromatic carbocycles. The second-order valence-electron chi connectivity index (χ2n) is 3.74. The summed E-state index contributed by atoms with van der Waals surface area (Å²) in [5.74, 6) is 1.05. The van der Waals surface area contributed by atoms with Crippen molar-refractivity contribution in [3.8, 4) is 0 Å². The molecular weight excluding hydrogens is 256 g/mol. The van der Waals surface area contributed by atoms with Gasteiger partial charge in [0.2, 0.25) is 0 Å². The van der Waals surface area contributed by atoms with Gasteiger partial charge in [0.1, 0.15) is 10.4 Å². The van der Waals surface area contributed by atoms with Gasteiger partial charge in [0.05, 0.1) is 6.10 Å². The van der Waals surface area contributed by atoms with Gasteiger partial charge in [0.25, 0.3) is 0 Å². The van der Waals surface area contributed by atoms with Gasteiger partial charge >= 0.3 is 0 Å². The highest BCUT2D eigenvalue weighted by Crippen LogP contribution is 2.20. The van der Waals surface area contributed by atoms with Crippen LogP contribution in [0.3, 0.4) is 0 Å². The number of anilines is 1. The number of hydrogen-bond donors (Lipinski definition) is 0. The van der Waals surface area contributed by atoms with Gasteiger partial charge in [-0.3, -0.25) is 0 Å². The lowest BCUT2D eigenvalue weighted by atomic mass is 10.1. The number of hydrogen-bond acceptors (Lipinski definition) is 3. The molecule has 0 aliphatic carbocycles. The minimum atomic E-state index is 0.424. The summed E-state index contributed by atoms with van der Waals surface area (Å²) in [6, 6.07) is 6.03. The van der Waals surface area contributed by atoms with E-state index in [2.05, 4.69) is 31.9 Å². The van der Waals surface area contributed by atoms with E-state index in [1.165, 1.54) is 0 Å². The molecule has 1 saturated heterocycles. The normalized spacial score (nSPS) is 18.1. The van der Waals surface area contributed by atoms with Crippen LogP contribution >= 0.6 is 15.9 Å². The van der Waals surface area contributed by atoms with Crippen LogP contribution in [0.15, 0.2) is 22.8 Å². The summed E-state index contributed by atoms with van der Waals surface area (Å²) in [6.07, 6.45) is 2.60. The van der Waals surface area contributed by atoms with Crippen LogP contribution < -0.4 is 4.90 Å². The van der Waals surface area contributed by atoms with E-state index in [9.17, 15) is 0 Å². The predicted octanol–water partition coefficient (Wildman–Crippen LogP) is 2.46. The van der Waals surface area contributed by atoms with E-state index < -0.39 is 0 Å². The van der Waals surface area contributed by atoms with Crippen LogP contribution in [0.5, 0.6) is 0 Å². The number of piperidine rings is 1. The molecule has 2 rings (SSSR count). The average Bonchev–Trinajstić information content (AvgIpc) is 2.29. The van der Waals surface area contributed by atoms with E-state index >= 15 is 0 Å². The Morgan fingerprint density at radius 2 is 2.13 bits per heavy atom. The summed E-state index contributed by atoms with van der Waals surface area (Å²) in [5, 5.41) is 0. The lowest BCUT2D eigenvalue weighted by Gasteiger charge is -2.32. The molecule has 0 atom stereocenters. The first kappa shape index (κ1) is 10.9. The van der Waals surface area contributed by atoms with Crippen molar-refractivity contribution in [3.05, 3.63) is 22.8 Å². The van der Waals surface area contributed by atoms with Gasteiger partial charge in [-0.15, -0.1) is 0 Å². The predicted molar refractivity (Wildman–Crippen MR) is 64.2 cm³/mol. The standard InChI is InChI=1S/C11H15BrN2O/c1-15-9-5-7-14(8-6-9)11-4-2-3-10(12)13-11/h2-4,9H,5-8H2,1H3. The van der Waals surface area contributed by atoms with Crippen molar-refractivity contribution < 1.29 is 4.74 Å². The quantitative estimate of drug-likeness (QED) is 0.773. The highest BCUT2D eigenvalue weighted by molar-refractivity contribution is 9.10. The summed E-state index contributed by atoms with van der Waals surface area (Å²) in [6.45, 7) is 2.06. The molecule has 15 heavy (non-hydrogen) atoms. The van der Waals surface area contributed by atoms with E-state index in [0.29, 0.717) is 6.10 Å². The minimum Gasteiger partial charge on any atom is -0.381 e. The van der Waals surface area contributed by atoms with Gasteiger partial charge in [0.15, 0.2) is 0 Å². The fourth-order valence-electron chi connectivity index (χ4n) is 1.89.